The molecule has 1 aromatic heterocycles. The highest BCUT2D eigenvalue weighted by molar-refractivity contribution is 8.00. The molecule has 194 valence electrons. The summed E-state index contributed by atoms with van der Waals surface area (Å²) in [6, 6.07) is 13.6. The Bertz CT molecular complexity index is 1010. The van der Waals surface area contributed by atoms with Crippen molar-refractivity contribution in [3.63, 3.8) is 0 Å². The lowest BCUT2D eigenvalue weighted by molar-refractivity contribution is -0.109. The summed E-state index contributed by atoms with van der Waals surface area (Å²) in [6.07, 6.45) is 8.04. The van der Waals surface area contributed by atoms with E-state index < -0.39 is 0 Å². The van der Waals surface area contributed by atoms with Crippen LogP contribution in [0.4, 0.5) is 0 Å². The van der Waals surface area contributed by atoms with Gasteiger partial charge in [-0.1, -0.05) is 30.3 Å². The van der Waals surface area contributed by atoms with Gasteiger partial charge in [-0.05, 0) is 63.4 Å². The number of nitrogens with one attached hydrogen (secondary N) is 3. The van der Waals surface area contributed by atoms with E-state index in [1.807, 2.05) is 6.20 Å². The third-order valence-corrected chi connectivity index (χ3v) is 8.36. The van der Waals surface area contributed by atoms with Gasteiger partial charge in [-0.25, -0.2) is 0 Å². The largest absolute Gasteiger partial charge is 0.395 e. The average molecular weight is 510 g/mol. The van der Waals surface area contributed by atoms with Crippen LogP contribution in [0.25, 0.3) is 11.3 Å². The monoisotopic (exact) mass is 509 g/mol. The molecule has 0 radical (unpaired) electrons. The smallest absolute Gasteiger partial charge is 0.207 e. The number of pyridine rings is 1. The first-order chi connectivity index (χ1) is 17.4. The van der Waals surface area contributed by atoms with E-state index in [1.54, 1.807) is 11.8 Å². The van der Waals surface area contributed by atoms with Crippen molar-refractivity contribution in [3.8, 4) is 11.3 Å². The minimum atomic E-state index is -0.217. The fraction of sp³-hybridized carbons (Fsp3) is 0.500. The lowest BCUT2D eigenvalue weighted by Gasteiger charge is -2.30. The second-order valence-electron chi connectivity index (χ2n) is 10.1. The summed E-state index contributed by atoms with van der Waals surface area (Å²) in [5.74, 6) is 1.64. The number of amidine groups is 1. The first-order valence-electron chi connectivity index (χ1n) is 12.5. The molecule has 2 aliphatic carbocycles. The van der Waals surface area contributed by atoms with Crippen molar-refractivity contribution in [2.24, 2.45) is 0 Å². The van der Waals surface area contributed by atoms with Gasteiger partial charge in [0.05, 0.1) is 18.1 Å². The van der Waals surface area contributed by atoms with Crippen LogP contribution in [0.15, 0.2) is 42.6 Å². The molecule has 1 atom stereocenters. The molecular weight excluding hydrogens is 470 g/mol. The second kappa shape index (κ2) is 12.5. The minimum absolute atomic E-state index is 0.132. The maximum atomic E-state index is 9.70. The maximum Gasteiger partial charge on any atom is 0.207 e. The molecule has 0 bridgehead atoms. The number of aryl methyl sites for hydroxylation is 1. The number of benzene rings is 1. The number of rotatable bonds is 7. The number of aliphatic hydroxyl groups excluding tert-OH is 1. The van der Waals surface area contributed by atoms with Gasteiger partial charge in [0.1, 0.15) is 0 Å². The molecule has 1 saturated heterocycles. The Kier molecular flexibility index (Phi) is 9.68. The fourth-order valence-electron chi connectivity index (χ4n) is 4.36. The van der Waals surface area contributed by atoms with Gasteiger partial charge in [0.15, 0.2) is 0 Å². The zero-order chi connectivity index (χ0) is 26.2. The second-order valence-corrected chi connectivity index (χ2v) is 11.8. The van der Waals surface area contributed by atoms with E-state index in [1.165, 1.54) is 36.8 Å². The Balaban J connectivity index is 0.000000390. The molecule has 3 aliphatic rings. The summed E-state index contributed by atoms with van der Waals surface area (Å²) in [4.78, 5) is 16.3. The molecule has 36 heavy (non-hydrogen) atoms. The summed E-state index contributed by atoms with van der Waals surface area (Å²) in [5, 5.41) is 26.4. The summed E-state index contributed by atoms with van der Waals surface area (Å²) in [6.45, 7) is 8.56. The van der Waals surface area contributed by atoms with Crippen molar-refractivity contribution >= 4 is 30.7 Å². The summed E-state index contributed by atoms with van der Waals surface area (Å²) in [7, 11) is 0. The quantitative estimate of drug-likeness (QED) is 0.326. The van der Waals surface area contributed by atoms with Crippen molar-refractivity contribution in [1.29, 1.82) is 10.8 Å². The lowest BCUT2D eigenvalue weighted by Crippen LogP contribution is -2.39. The number of hydrogen-bond donors (Lipinski definition) is 4. The van der Waals surface area contributed by atoms with Gasteiger partial charge < -0.3 is 20.7 Å². The van der Waals surface area contributed by atoms with Crippen molar-refractivity contribution in [3.05, 3.63) is 53.7 Å². The topological polar surface area (TPSA) is 113 Å². The number of amides is 1. The van der Waals surface area contributed by atoms with Crippen LogP contribution in [0.3, 0.4) is 0 Å². The van der Waals surface area contributed by atoms with Crippen LogP contribution >= 0.6 is 11.8 Å². The molecule has 0 spiro atoms. The normalized spacial score (nSPS) is 22.2. The third-order valence-electron chi connectivity index (χ3n) is 7.00. The summed E-state index contributed by atoms with van der Waals surface area (Å²) < 4.78 is -0.217. The van der Waals surface area contributed by atoms with E-state index in [0.29, 0.717) is 18.3 Å². The van der Waals surface area contributed by atoms with E-state index in [2.05, 4.69) is 72.2 Å². The van der Waals surface area contributed by atoms with Gasteiger partial charge in [-0.2, -0.15) is 11.8 Å². The summed E-state index contributed by atoms with van der Waals surface area (Å²) in [5.41, 5.74) is 4.88. The van der Waals surface area contributed by atoms with Gasteiger partial charge in [-0.3, -0.25) is 15.2 Å². The molecule has 1 aliphatic heterocycles. The first kappa shape index (κ1) is 27.9. The zero-order valence-electron chi connectivity index (χ0n) is 21.4. The molecule has 5 rings (SSSR count). The lowest BCUT2D eigenvalue weighted by atomic mass is 9.93. The van der Waals surface area contributed by atoms with Crippen LogP contribution in [0.1, 0.15) is 50.2 Å². The molecule has 1 amide bonds. The number of thioether (sulfide) groups is 1. The number of nitrogens with zero attached hydrogens (tertiary/aromatic N) is 2. The first-order valence-corrected chi connectivity index (χ1v) is 13.5. The molecule has 3 fully saturated rings. The standard InChI is InChI=1S/C23H29N3OS.C4H7NO.CH3N/c1-17-3-8-20(25-14-17)18-4-6-19(7-5-18)23(9-10-23)15-26-11-12-28-22(2,16-27)13-21(26)24;6-3-5-4-1-2-4;1-2/h3-8,14,24,27H,9-13,15-16H2,1-2H3;3-4H,1-2H2,(H,5,6);2H,1H2. The third kappa shape index (κ3) is 7.40. The molecular formula is C28H39N5O2S. The minimum Gasteiger partial charge on any atom is -0.395 e. The van der Waals surface area contributed by atoms with E-state index >= 15 is 0 Å². The van der Waals surface area contributed by atoms with Crippen molar-refractivity contribution in [2.45, 2.75) is 62.2 Å². The maximum absolute atomic E-state index is 9.70. The molecule has 7 nitrogen and oxygen atoms in total. The van der Waals surface area contributed by atoms with Gasteiger partial charge in [0.2, 0.25) is 6.41 Å². The molecule has 8 heteroatoms. The Morgan fingerprint density at radius 3 is 2.42 bits per heavy atom. The van der Waals surface area contributed by atoms with E-state index in [0.717, 1.165) is 36.5 Å². The van der Waals surface area contributed by atoms with Crippen molar-refractivity contribution in [2.75, 3.05) is 25.4 Å². The van der Waals surface area contributed by atoms with Crippen molar-refractivity contribution < 1.29 is 9.90 Å². The number of carbonyl (C=O) groups is 1. The van der Waals surface area contributed by atoms with E-state index in [4.69, 9.17) is 10.8 Å². The van der Waals surface area contributed by atoms with Crippen LogP contribution < -0.4 is 5.32 Å². The predicted octanol–water partition coefficient (Wildman–Crippen LogP) is 4.42. The van der Waals surface area contributed by atoms with Crippen LogP contribution in [0.5, 0.6) is 0 Å². The molecule has 2 saturated carbocycles. The Labute approximate surface area is 219 Å². The highest BCUT2D eigenvalue weighted by atomic mass is 32.2. The highest BCUT2D eigenvalue weighted by Crippen LogP contribution is 2.49. The molecule has 4 N–H and O–H groups in total. The number of aromatic nitrogens is 1. The Morgan fingerprint density at radius 2 is 1.92 bits per heavy atom. The molecule has 2 aromatic rings. The summed E-state index contributed by atoms with van der Waals surface area (Å²) >= 11 is 1.80. The van der Waals surface area contributed by atoms with Crippen LogP contribution in [-0.2, 0) is 10.2 Å². The average Bonchev–Trinajstić information content (AvgIpc) is 3.82. The van der Waals surface area contributed by atoms with E-state index in [9.17, 15) is 9.90 Å². The molecule has 2 heterocycles. The highest BCUT2D eigenvalue weighted by Gasteiger charge is 2.46. The van der Waals surface area contributed by atoms with Gasteiger partial charge in [0.25, 0.3) is 0 Å². The van der Waals surface area contributed by atoms with Crippen LogP contribution in [-0.4, -0.2) is 70.2 Å². The Morgan fingerprint density at radius 1 is 1.22 bits per heavy atom. The van der Waals surface area contributed by atoms with Gasteiger partial charge in [-0.15, -0.1) is 0 Å². The zero-order valence-corrected chi connectivity index (χ0v) is 22.2. The van der Waals surface area contributed by atoms with Gasteiger partial charge >= 0.3 is 0 Å². The number of carbonyl (C=O) groups excluding carboxylic acids is 1. The Hall–Kier alpha value is -2.71. The SMILES string of the molecule is C=N.Cc1ccc(-c2ccc(C3(CN4CCSC(C)(CO)CC4=N)CC3)cc2)nc1.O=CNC1CC1. The van der Waals surface area contributed by atoms with Crippen LogP contribution in [0, 0.1) is 17.7 Å². The molecule has 1 aromatic carbocycles. The molecule has 1 unspecified atom stereocenters. The number of aliphatic hydroxyl groups is 1. The van der Waals surface area contributed by atoms with Crippen molar-refractivity contribution in [1.82, 2.24) is 15.2 Å². The number of hydrogen-bond acceptors (Lipinski definition) is 6. The van der Waals surface area contributed by atoms with E-state index in [-0.39, 0.29) is 16.8 Å². The predicted molar refractivity (Wildman–Crippen MR) is 149 cm³/mol. The fourth-order valence-corrected chi connectivity index (χ4v) is 5.50. The van der Waals surface area contributed by atoms with Crippen LogP contribution in [0.2, 0.25) is 0 Å². The van der Waals surface area contributed by atoms with Gasteiger partial charge in [0, 0.05) is 53.2 Å².